The first-order chi connectivity index (χ1) is 13.4. The molecule has 0 fully saturated rings. The van der Waals surface area contributed by atoms with E-state index in [-0.39, 0.29) is 19.3 Å². The summed E-state index contributed by atoms with van der Waals surface area (Å²) in [7, 11) is 0. The number of rotatable bonds is 7. The molecule has 0 spiro atoms. The van der Waals surface area contributed by atoms with Gasteiger partial charge in [0.25, 0.3) is 0 Å². The Morgan fingerprint density at radius 3 is 2.50 bits per heavy atom. The highest BCUT2D eigenvalue weighted by molar-refractivity contribution is 5.73. The van der Waals surface area contributed by atoms with Gasteiger partial charge in [0.1, 0.15) is 11.8 Å². The molecule has 148 valence electrons. The number of carboxylic acid groups (broad SMARTS) is 1. The zero-order valence-corrected chi connectivity index (χ0v) is 15.4. The van der Waals surface area contributed by atoms with Gasteiger partial charge in [-0.3, -0.25) is 4.79 Å². The molecule has 0 aliphatic carbocycles. The second kappa shape index (κ2) is 8.62. The molecule has 2 aromatic rings. The smallest absolute Gasteiger partial charge is 0.412 e. The maximum absolute atomic E-state index is 12.1. The van der Waals surface area contributed by atoms with Crippen LogP contribution in [-0.4, -0.2) is 36.0 Å². The van der Waals surface area contributed by atoms with Crippen LogP contribution in [0, 0.1) is 0 Å². The van der Waals surface area contributed by atoms with Gasteiger partial charge in [0, 0.05) is 6.04 Å². The van der Waals surface area contributed by atoms with Gasteiger partial charge in [-0.05, 0) is 55.2 Å². The maximum atomic E-state index is 12.1. The Labute approximate surface area is 162 Å². The average Bonchev–Trinajstić information content (AvgIpc) is 3.10. The van der Waals surface area contributed by atoms with Crippen LogP contribution in [0.1, 0.15) is 18.1 Å². The first-order valence-electron chi connectivity index (χ1n) is 8.85. The molecule has 0 saturated heterocycles. The van der Waals surface area contributed by atoms with E-state index in [1.165, 1.54) is 0 Å². The van der Waals surface area contributed by atoms with Gasteiger partial charge in [-0.1, -0.05) is 18.2 Å². The molecule has 28 heavy (non-hydrogen) atoms. The molecule has 0 bridgehead atoms. The van der Waals surface area contributed by atoms with Crippen LogP contribution in [0.3, 0.4) is 0 Å². The fourth-order valence-corrected chi connectivity index (χ4v) is 2.85. The third-order valence-corrected chi connectivity index (χ3v) is 4.25. The summed E-state index contributed by atoms with van der Waals surface area (Å²) < 4.78 is 15.9. The highest BCUT2D eigenvalue weighted by Gasteiger charge is 2.16. The number of hydrogen-bond donors (Lipinski definition) is 3. The normalized spacial score (nSPS) is 14.2. The number of carbonyl (C=O) groups is 2. The van der Waals surface area contributed by atoms with Crippen LogP contribution in [0.5, 0.6) is 17.2 Å². The third-order valence-electron chi connectivity index (χ3n) is 4.25. The van der Waals surface area contributed by atoms with E-state index in [9.17, 15) is 9.59 Å². The highest BCUT2D eigenvalue weighted by Crippen LogP contribution is 2.32. The van der Waals surface area contributed by atoms with Crippen molar-refractivity contribution >= 4 is 12.1 Å². The Morgan fingerprint density at radius 2 is 1.79 bits per heavy atom. The number of carboxylic acids is 1. The van der Waals surface area contributed by atoms with Gasteiger partial charge in [-0.15, -0.1) is 0 Å². The molecule has 8 heteroatoms. The van der Waals surface area contributed by atoms with Gasteiger partial charge in [-0.2, -0.15) is 0 Å². The van der Waals surface area contributed by atoms with Crippen LogP contribution in [0.15, 0.2) is 42.5 Å². The number of fused-ring (bicyclic) bond motifs is 1. The molecule has 8 nitrogen and oxygen atoms in total. The molecule has 2 aromatic carbocycles. The van der Waals surface area contributed by atoms with Gasteiger partial charge in [0.15, 0.2) is 11.5 Å². The molecular weight excluding hydrogens is 364 g/mol. The fourth-order valence-electron chi connectivity index (χ4n) is 2.85. The third kappa shape index (κ3) is 5.14. The van der Waals surface area contributed by atoms with Crippen LogP contribution in [0.2, 0.25) is 0 Å². The largest absolute Gasteiger partial charge is 0.480 e. The van der Waals surface area contributed by atoms with Crippen molar-refractivity contribution in [2.24, 2.45) is 5.73 Å². The number of ether oxygens (including phenoxy) is 3. The number of aliphatic carboxylic acids is 1. The molecule has 4 N–H and O–H groups in total. The molecule has 1 unspecified atom stereocenters. The minimum atomic E-state index is -1.06. The zero-order valence-electron chi connectivity index (χ0n) is 15.4. The SMILES string of the molecule is CC(Cc1ccc2c(c1)OCO2)NC(=O)Oc1ccc(C[C@H](N)C(=O)O)cc1. The number of carbonyl (C=O) groups excluding carboxylic acids is 1. The van der Waals surface area contributed by atoms with Crippen LogP contribution >= 0.6 is 0 Å². The molecule has 1 aliphatic rings. The minimum absolute atomic E-state index is 0.152. The Kier molecular flexibility index (Phi) is 6.00. The first kappa shape index (κ1) is 19.5. The summed E-state index contributed by atoms with van der Waals surface area (Å²) in [6, 6.07) is 11.1. The second-order valence-electron chi connectivity index (χ2n) is 6.62. The van der Waals surface area contributed by atoms with E-state index >= 15 is 0 Å². The summed E-state index contributed by atoms with van der Waals surface area (Å²) in [5, 5.41) is 11.6. The first-order valence-corrected chi connectivity index (χ1v) is 8.85. The lowest BCUT2D eigenvalue weighted by atomic mass is 10.1. The summed E-state index contributed by atoms with van der Waals surface area (Å²) >= 11 is 0. The fraction of sp³-hybridized carbons (Fsp3) is 0.300. The van der Waals surface area contributed by atoms with Gasteiger partial charge in [0.05, 0.1) is 0 Å². The Morgan fingerprint density at radius 1 is 1.11 bits per heavy atom. The van der Waals surface area contributed by atoms with Crippen molar-refractivity contribution in [1.82, 2.24) is 5.32 Å². The van der Waals surface area contributed by atoms with Crippen molar-refractivity contribution in [3.05, 3.63) is 53.6 Å². The molecule has 3 rings (SSSR count). The molecular formula is C20H22N2O6. The molecule has 0 radical (unpaired) electrons. The summed E-state index contributed by atoms with van der Waals surface area (Å²) in [4.78, 5) is 22.9. The van der Waals surface area contributed by atoms with E-state index in [0.717, 1.165) is 16.9 Å². The zero-order chi connectivity index (χ0) is 20.1. The van der Waals surface area contributed by atoms with Crippen LogP contribution < -0.4 is 25.3 Å². The van der Waals surface area contributed by atoms with Gasteiger partial charge >= 0.3 is 12.1 Å². The van der Waals surface area contributed by atoms with E-state index in [1.54, 1.807) is 24.3 Å². The van der Waals surface area contributed by atoms with E-state index in [4.69, 9.17) is 25.1 Å². The maximum Gasteiger partial charge on any atom is 0.412 e. The second-order valence-corrected chi connectivity index (χ2v) is 6.62. The molecule has 0 saturated carbocycles. The molecule has 0 aromatic heterocycles. The van der Waals surface area contributed by atoms with Crippen LogP contribution in [0.4, 0.5) is 4.79 Å². The average molecular weight is 386 g/mol. The monoisotopic (exact) mass is 386 g/mol. The standard InChI is InChI=1S/C20H22N2O6/c1-12(8-14-4-7-17-18(10-14)27-11-26-17)22-20(25)28-15-5-2-13(3-6-15)9-16(21)19(23)24/h2-7,10,12,16H,8-9,11,21H2,1H3,(H,22,25)(H,23,24)/t12?,16-/m0/s1. The lowest BCUT2D eigenvalue weighted by Gasteiger charge is -2.14. The number of nitrogens with two attached hydrogens (primary N) is 1. The van der Waals surface area contributed by atoms with Crippen molar-refractivity contribution in [3.8, 4) is 17.2 Å². The number of hydrogen-bond acceptors (Lipinski definition) is 6. The van der Waals surface area contributed by atoms with Crippen LogP contribution in [-0.2, 0) is 17.6 Å². The Balaban J connectivity index is 1.48. The Hall–Kier alpha value is -3.26. The van der Waals surface area contributed by atoms with Crippen molar-refractivity contribution in [2.45, 2.75) is 31.8 Å². The van der Waals surface area contributed by atoms with Gasteiger partial charge < -0.3 is 30.4 Å². The van der Waals surface area contributed by atoms with E-state index < -0.39 is 18.1 Å². The van der Waals surface area contributed by atoms with Gasteiger partial charge in [0.2, 0.25) is 6.79 Å². The number of amides is 1. The number of benzene rings is 2. The van der Waals surface area contributed by atoms with Crippen molar-refractivity contribution < 1.29 is 28.9 Å². The number of nitrogens with one attached hydrogen (secondary N) is 1. The molecule has 1 heterocycles. The van der Waals surface area contributed by atoms with Crippen molar-refractivity contribution in [3.63, 3.8) is 0 Å². The van der Waals surface area contributed by atoms with Crippen molar-refractivity contribution in [2.75, 3.05) is 6.79 Å². The molecule has 1 amide bonds. The van der Waals surface area contributed by atoms with E-state index in [2.05, 4.69) is 5.32 Å². The Bertz CT molecular complexity index is 852. The van der Waals surface area contributed by atoms with Crippen molar-refractivity contribution in [1.29, 1.82) is 0 Å². The topological polar surface area (TPSA) is 120 Å². The lowest BCUT2D eigenvalue weighted by Crippen LogP contribution is -2.36. The highest BCUT2D eigenvalue weighted by atomic mass is 16.7. The molecule has 2 atom stereocenters. The summed E-state index contributed by atoms with van der Waals surface area (Å²) in [5.74, 6) is 0.725. The summed E-state index contributed by atoms with van der Waals surface area (Å²) in [6.07, 6.45) is 0.245. The van der Waals surface area contributed by atoms with Crippen LogP contribution in [0.25, 0.3) is 0 Å². The van der Waals surface area contributed by atoms with E-state index in [1.807, 2.05) is 25.1 Å². The predicted octanol–water partition coefficient (Wildman–Crippen LogP) is 2.09. The quantitative estimate of drug-likeness (QED) is 0.666. The molecule has 1 aliphatic heterocycles. The van der Waals surface area contributed by atoms with Gasteiger partial charge in [-0.25, -0.2) is 4.79 Å². The predicted molar refractivity (Wildman–Crippen MR) is 101 cm³/mol. The minimum Gasteiger partial charge on any atom is -0.480 e. The summed E-state index contributed by atoms with van der Waals surface area (Å²) in [5.41, 5.74) is 7.26. The summed E-state index contributed by atoms with van der Waals surface area (Å²) in [6.45, 7) is 2.10. The lowest BCUT2D eigenvalue weighted by molar-refractivity contribution is -0.138. The van der Waals surface area contributed by atoms with E-state index in [0.29, 0.717) is 17.9 Å².